The zero-order valence-corrected chi connectivity index (χ0v) is 12.1. The van der Waals surface area contributed by atoms with E-state index >= 15 is 0 Å². The zero-order valence-electron chi connectivity index (χ0n) is 7.56. The number of carbonyl (C=O) groups excluding carboxylic acids is 1. The van der Waals surface area contributed by atoms with Crippen LogP contribution in [0.2, 0.25) is 0 Å². The summed E-state index contributed by atoms with van der Waals surface area (Å²) in [6.07, 6.45) is 2.22. The molecule has 1 amide bonds. The first-order chi connectivity index (χ1) is 6.74. The van der Waals surface area contributed by atoms with Crippen molar-refractivity contribution in [3.8, 4) is 0 Å². The van der Waals surface area contributed by atoms with Crippen LogP contribution in [-0.4, -0.2) is 16.9 Å². The maximum absolute atomic E-state index is 11.5. The minimum atomic E-state index is 0.0363. The van der Waals surface area contributed by atoms with Crippen LogP contribution in [0.1, 0.15) is 22.5 Å². The van der Waals surface area contributed by atoms with Crippen LogP contribution in [0.25, 0.3) is 0 Å². The van der Waals surface area contributed by atoms with Crippen LogP contribution in [0.15, 0.2) is 15.9 Å². The van der Waals surface area contributed by atoms with Gasteiger partial charge in [0.05, 0.1) is 8.66 Å². The Bertz CT molecular complexity index is 303. The second-order valence-electron chi connectivity index (χ2n) is 2.76. The Morgan fingerprint density at radius 1 is 1.50 bits per heavy atom. The van der Waals surface area contributed by atoms with Crippen LogP contribution in [0, 0.1) is 0 Å². The standard InChI is InChI=1S/C9H11BrINOS/c10-8-4-3-7(14-8)9(13)12-6-2-1-5-11/h3-4H,1-2,5-6H2,(H,12,13). The first-order valence-corrected chi connectivity index (χ1v) is 7.47. The normalized spacial score (nSPS) is 10.1. The van der Waals surface area contributed by atoms with Crippen LogP contribution in [0.3, 0.4) is 0 Å². The molecule has 5 heteroatoms. The van der Waals surface area contributed by atoms with Crippen molar-refractivity contribution in [1.82, 2.24) is 5.32 Å². The molecule has 0 radical (unpaired) electrons. The molecular weight excluding hydrogens is 377 g/mol. The Morgan fingerprint density at radius 3 is 2.86 bits per heavy atom. The Labute approximate surface area is 110 Å². The van der Waals surface area contributed by atoms with E-state index in [1.165, 1.54) is 11.3 Å². The van der Waals surface area contributed by atoms with Crippen LogP contribution in [-0.2, 0) is 0 Å². The maximum atomic E-state index is 11.5. The van der Waals surface area contributed by atoms with Gasteiger partial charge in [-0.2, -0.15) is 0 Å². The van der Waals surface area contributed by atoms with Crippen LogP contribution in [0.5, 0.6) is 0 Å². The summed E-state index contributed by atoms with van der Waals surface area (Å²) in [5.41, 5.74) is 0. The number of carbonyl (C=O) groups is 1. The molecule has 78 valence electrons. The summed E-state index contributed by atoms with van der Waals surface area (Å²) >= 11 is 7.14. The molecule has 0 aliphatic carbocycles. The van der Waals surface area contributed by atoms with Gasteiger partial charge in [-0.1, -0.05) is 22.6 Å². The van der Waals surface area contributed by atoms with E-state index in [1.54, 1.807) is 0 Å². The SMILES string of the molecule is O=C(NCCCCI)c1ccc(Br)s1. The van der Waals surface area contributed by atoms with E-state index in [2.05, 4.69) is 43.8 Å². The number of amides is 1. The van der Waals surface area contributed by atoms with Gasteiger partial charge >= 0.3 is 0 Å². The minimum Gasteiger partial charge on any atom is -0.351 e. The molecule has 0 bridgehead atoms. The highest BCUT2D eigenvalue weighted by Crippen LogP contribution is 2.21. The van der Waals surface area contributed by atoms with Crippen molar-refractivity contribution >= 4 is 55.8 Å². The molecule has 0 fully saturated rings. The third kappa shape index (κ3) is 4.27. The van der Waals surface area contributed by atoms with Gasteiger partial charge in [0.1, 0.15) is 0 Å². The van der Waals surface area contributed by atoms with Crippen LogP contribution in [0.4, 0.5) is 0 Å². The molecule has 1 heterocycles. The molecule has 1 aromatic rings. The molecule has 0 aromatic carbocycles. The molecule has 2 nitrogen and oxygen atoms in total. The van der Waals surface area contributed by atoms with Gasteiger partial charge in [0, 0.05) is 6.54 Å². The molecule has 0 saturated carbocycles. The Kier molecular flexibility index (Phi) is 6.04. The molecule has 0 aliphatic rings. The third-order valence-corrected chi connectivity index (χ3v) is 4.03. The smallest absolute Gasteiger partial charge is 0.261 e. The minimum absolute atomic E-state index is 0.0363. The van der Waals surface area contributed by atoms with Crippen molar-refractivity contribution in [2.75, 3.05) is 11.0 Å². The Hall–Kier alpha value is 0.380. The van der Waals surface area contributed by atoms with E-state index in [9.17, 15) is 4.79 Å². The Morgan fingerprint density at radius 2 is 2.29 bits per heavy atom. The summed E-state index contributed by atoms with van der Waals surface area (Å²) in [4.78, 5) is 12.3. The number of hydrogen-bond acceptors (Lipinski definition) is 2. The predicted octanol–water partition coefficient (Wildman–Crippen LogP) is 3.46. The van der Waals surface area contributed by atoms with Crippen molar-refractivity contribution in [2.45, 2.75) is 12.8 Å². The second kappa shape index (κ2) is 6.79. The van der Waals surface area contributed by atoms with Crippen LogP contribution < -0.4 is 5.32 Å². The average Bonchev–Trinajstić information content (AvgIpc) is 2.59. The second-order valence-corrected chi connectivity index (χ2v) is 6.30. The van der Waals surface area contributed by atoms with Gasteiger partial charge in [-0.25, -0.2) is 0 Å². The largest absolute Gasteiger partial charge is 0.351 e. The first-order valence-electron chi connectivity index (χ1n) is 4.33. The first kappa shape index (κ1) is 12.4. The summed E-state index contributed by atoms with van der Waals surface area (Å²) in [5, 5.41) is 2.89. The summed E-state index contributed by atoms with van der Waals surface area (Å²) in [6, 6.07) is 3.73. The van der Waals surface area contributed by atoms with Crippen molar-refractivity contribution in [1.29, 1.82) is 0 Å². The lowest BCUT2D eigenvalue weighted by molar-refractivity contribution is 0.0957. The molecule has 0 saturated heterocycles. The van der Waals surface area contributed by atoms with Crippen LogP contribution >= 0.6 is 49.9 Å². The van der Waals surface area contributed by atoms with Gasteiger partial charge in [-0.05, 0) is 45.3 Å². The molecule has 1 aromatic heterocycles. The summed E-state index contributed by atoms with van der Waals surface area (Å²) in [5.74, 6) is 0.0363. The number of unbranched alkanes of at least 4 members (excludes halogenated alkanes) is 1. The highest BCUT2D eigenvalue weighted by atomic mass is 127. The number of nitrogens with one attached hydrogen (secondary N) is 1. The van der Waals surface area contributed by atoms with Gasteiger partial charge in [-0.3, -0.25) is 4.79 Å². The lowest BCUT2D eigenvalue weighted by Gasteiger charge is -2.01. The highest BCUT2D eigenvalue weighted by molar-refractivity contribution is 14.1. The van der Waals surface area contributed by atoms with Gasteiger partial charge in [0.15, 0.2) is 0 Å². The Balaban J connectivity index is 2.29. The van der Waals surface area contributed by atoms with E-state index in [0.717, 1.165) is 32.5 Å². The maximum Gasteiger partial charge on any atom is 0.261 e. The van der Waals surface area contributed by atoms with Gasteiger partial charge < -0.3 is 5.32 Å². The average molecular weight is 388 g/mol. The highest BCUT2D eigenvalue weighted by Gasteiger charge is 2.06. The molecular formula is C9H11BrINOS. The van der Waals surface area contributed by atoms with E-state index < -0.39 is 0 Å². The lowest BCUT2D eigenvalue weighted by Crippen LogP contribution is -2.23. The van der Waals surface area contributed by atoms with Crippen molar-refractivity contribution in [3.05, 3.63) is 20.8 Å². The van der Waals surface area contributed by atoms with Crippen molar-refractivity contribution in [3.63, 3.8) is 0 Å². The van der Waals surface area contributed by atoms with Gasteiger partial charge in [0.25, 0.3) is 5.91 Å². The molecule has 0 unspecified atom stereocenters. The van der Waals surface area contributed by atoms with Crippen molar-refractivity contribution < 1.29 is 4.79 Å². The third-order valence-electron chi connectivity index (χ3n) is 1.64. The summed E-state index contributed by atoms with van der Waals surface area (Å²) in [7, 11) is 0. The van der Waals surface area contributed by atoms with E-state index in [0.29, 0.717) is 0 Å². The number of halogens is 2. The zero-order chi connectivity index (χ0) is 10.4. The summed E-state index contributed by atoms with van der Waals surface area (Å²) in [6.45, 7) is 0.775. The number of thiophene rings is 1. The topological polar surface area (TPSA) is 29.1 Å². The number of rotatable bonds is 5. The molecule has 0 aliphatic heterocycles. The lowest BCUT2D eigenvalue weighted by atomic mass is 10.3. The monoisotopic (exact) mass is 387 g/mol. The molecule has 1 rings (SSSR count). The fourth-order valence-electron chi connectivity index (χ4n) is 0.945. The van der Waals surface area contributed by atoms with Gasteiger partial charge in [-0.15, -0.1) is 11.3 Å². The van der Waals surface area contributed by atoms with E-state index in [4.69, 9.17) is 0 Å². The molecule has 1 N–H and O–H groups in total. The van der Waals surface area contributed by atoms with E-state index in [1.807, 2.05) is 12.1 Å². The number of alkyl halides is 1. The quantitative estimate of drug-likeness (QED) is 0.468. The predicted molar refractivity (Wildman–Crippen MR) is 72.5 cm³/mol. The van der Waals surface area contributed by atoms with E-state index in [-0.39, 0.29) is 5.91 Å². The number of hydrogen-bond donors (Lipinski definition) is 1. The van der Waals surface area contributed by atoms with Crippen molar-refractivity contribution in [2.24, 2.45) is 0 Å². The fourth-order valence-corrected chi connectivity index (χ4v) is 2.79. The molecule has 14 heavy (non-hydrogen) atoms. The molecule has 0 atom stereocenters. The van der Waals surface area contributed by atoms with Gasteiger partial charge in [0.2, 0.25) is 0 Å². The molecule has 0 spiro atoms. The summed E-state index contributed by atoms with van der Waals surface area (Å²) < 4.78 is 2.15. The fraction of sp³-hybridized carbons (Fsp3) is 0.444.